The van der Waals surface area contributed by atoms with Crippen molar-refractivity contribution in [1.82, 2.24) is 5.32 Å². The van der Waals surface area contributed by atoms with E-state index in [-0.39, 0.29) is 12.4 Å². The Kier molecular flexibility index (Phi) is 6.91. The molecule has 3 N–H and O–H groups in total. The Bertz CT molecular complexity index is 510. The van der Waals surface area contributed by atoms with Gasteiger partial charge in [0.2, 0.25) is 5.91 Å². The van der Waals surface area contributed by atoms with Crippen LogP contribution in [0, 0.1) is 5.41 Å². The van der Waals surface area contributed by atoms with Gasteiger partial charge in [-0.2, -0.15) is 13.2 Å². The van der Waals surface area contributed by atoms with E-state index in [2.05, 4.69) is 5.32 Å². The van der Waals surface area contributed by atoms with E-state index in [0.29, 0.717) is 5.56 Å². The van der Waals surface area contributed by atoms with Gasteiger partial charge in [0.25, 0.3) is 0 Å². The fourth-order valence-corrected chi connectivity index (χ4v) is 1.97. The van der Waals surface area contributed by atoms with Crippen LogP contribution in [0.3, 0.4) is 0 Å². The third-order valence-corrected chi connectivity index (χ3v) is 3.11. The molecule has 0 aromatic heterocycles. The lowest BCUT2D eigenvalue weighted by Crippen LogP contribution is -2.44. The molecule has 22 heavy (non-hydrogen) atoms. The summed E-state index contributed by atoms with van der Waals surface area (Å²) in [6.45, 7) is 7.07. The molecule has 1 unspecified atom stereocenters. The van der Waals surface area contributed by atoms with Gasteiger partial charge >= 0.3 is 6.18 Å². The summed E-state index contributed by atoms with van der Waals surface area (Å²) in [6, 6.07) is 3.72. The number of hydrogen-bond donors (Lipinski definition) is 2. The van der Waals surface area contributed by atoms with Crippen LogP contribution in [0.25, 0.3) is 0 Å². The molecule has 0 saturated heterocycles. The highest BCUT2D eigenvalue weighted by molar-refractivity contribution is 5.85. The largest absolute Gasteiger partial charge is 0.416 e. The van der Waals surface area contributed by atoms with Crippen molar-refractivity contribution < 1.29 is 18.0 Å². The third kappa shape index (κ3) is 5.50. The monoisotopic (exact) mass is 338 g/mol. The highest BCUT2D eigenvalue weighted by Gasteiger charge is 2.33. The van der Waals surface area contributed by atoms with Crippen molar-refractivity contribution in [3.05, 3.63) is 35.4 Å². The van der Waals surface area contributed by atoms with Gasteiger partial charge in [-0.25, -0.2) is 0 Å². The minimum absolute atomic E-state index is 0. The van der Waals surface area contributed by atoms with E-state index < -0.39 is 35.1 Å². The van der Waals surface area contributed by atoms with Crippen LogP contribution in [0.1, 0.15) is 44.9 Å². The van der Waals surface area contributed by atoms with Gasteiger partial charge in [-0.1, -0.05) is 32.9 Å². The van der Waals surface area contributed by atoms with Crippen molar-refractivity contribution in [2.45, 2.75) is 46.0 Å². The van der Waals surface area contributed by atoms with Crippen LogP contribution in [0.2, 0.25) is 0 Å². The minimum Gasteiger partial charge on any atom is -0.347 e. The number of hydrogen-bond acceptors (Lipinski definition) is 2. The van der Waals surface area contributed by atoms with Gasteiger partial charge in [0.15, 0.2) is 0 Å². The summed E-state index contributed by atoms with van der Waals surface area (Å²) in [7, 11) is 0. The summed E-state index contributed by atoms with van der Waals surface area (Å²) in [4.78, 5) is 11.8. The second-order valence-corrected chi connectivity index (χ2v) is 6.22. The molecule has 126 valence electrons. The zero-order valence-corrected chi connectivity index (χ0v) is 13.8. The predicted octanol–water partition coefficient (Wildman–Crippen LogP) is 3.68. The first-order valence-corrected chi connectivity index (χ1v) is 6.66. The Morgan fingerprint density at radius 3 is 2.18 bits per heavy atom. The number of alkyl halides is 3. The van der Waals surface area contributed by atoms with Gasteiger partial charge in [-0.15, -0.1) is 12.4 Å². The molecule has 0 fully saturated rings. The molecular weight excluding hydrogens is 317 g/mol. The molecular formula is C15H22ClF3N2O. The van der Waals surface area contributed by atoms with Crippen LogP contribution >= 0.6 is 12.4 Å². The summed E-state index contributed by atoms with van der Waals surface area (Å²) >= 11 is 0. The van der Waals surface area contributed by atoms with Crippen LogP contribution in [0.15, 0.2) is 24.3 Å². The Morgan fingerprint density at radius 1 is 1.23 bits per heavy atom. The first kappa shape index (κ1) is 20.7. The normalized spacial score (nSPS) is 14.7. The molecule has 0 radical (unpaired) electrons. The second-order valence-electron chi connectivity index (χ2n) is 6.22. The molecule has 1 aromatic rings. The van der Waals surface area contributed by atoms with Gasteiger partial charge in [-0.3, -0.25) is 4.79 Å². The number of nitrogens with one attached hydrogen (secondary N) is 1. The Labute approximate surface area is 134 Å². The first-order valence-electron chi connectivity index (χ1n) is 6.66. The molecule has 2 atom stereocenters. The highest BCUT2D eigenvalue weighted by Crippen LogP contribution is 2.36. The fourth-order valence-electron chi connectivity index (χ4n) is 1.97. The van der Waals surface area contributed by atoms with E-state index in [9.17, 15) is 18.0 Å². The lowest BCUT2D eigenvalue weighted by Gasteiger charge is -2.33. The van der Waals surface area contributed by atoms with E-state index >= 15 is 0 Å². The molecule has 0 saturated carbocycles. The molecule has 1 aromatic carbocycles. The maximum atomic E-state index is 12.8. The van der Waals surface area contributed by atoms with Gasteiger partial charge < -0.3 is 11.1 Å². The first-order chi connectivity index (χ1) is 9.43. The second kappa shape index (κ2) is 7.33. The molecule has 0 heterocycles. The summed E-state index contributed by atoms with van der Waals surface area (Å²) in [5.74, 6) is -0.396. The lowest BCUT2D eigenvalue weighted by atomic mass is 9.81. The molecule has 3 nitrogen and oxygen atoms in total. The SMILES string of the molecule is C[C@H](N)C(=O)NC(c1cccc(C(F)(F)F)c1)C(C)(C)C.Cl. The number of rotatable bonds is 3. The summed E-state index contributed by atoms with van der Waals surface area (Å²) < 4.78 is 38.4. The lowest BCUT2D eigenvalue weighted by molar-refractivity contribution is -0.137. The Hall–Kier alpha value is -1.27. The zero-order chi connectivity index (χ0) is 16.4. The van der Waals surface area contributed by atoms with Crippen molar-refractivity contribution >= 4 is 18.3 Å². The van der Waals surface area contributed by atoms with Crippen molar-refractivity contribution in [2.75, 3.05) is 0 Å². The van der Waals surface area contributed by atoms with Crippen molar-refractivity contribution in [3.63, 3.8) is 0 Å². The van der Waals surface area contributed by atoms with Crippen molar-refractivity contribution in [2.24, 2.45) is 11.1 Å². The molecule has 1 amide bonds. The molecule has 0 bridgehead atoms. The predicted molar refractivity (Wildman–Crippen MR) is 82.7 cm³/mol. The van der Waals surface area contributed by atoms with Crippen LogP contribution in [-0.2, 0) is 11.0 Å². The number of carbonyl (C=O) groups is 1. The number of amides is 1. The van der Waals surface area contributed by atoms with Gasteiger partial charge in [0.1, 0.15) is 0 Å². The van der Waals surface area contributed by atoms with Crippen LogP contribution in [-0.4, -0.2) is 11.9 Å². The summed E-state index contributed by atoms with van der Waals surface area (Å²) in [5.41, 5.74) is 4.74. The van der Waals surface area contributed by atoms with Crippen molar-refractivity contribution in [1.29, 1.82) is 0 Å². The Balaban J connectivity index is 0.00000441. The average molecular weight is 339 g/mol. The van der Waals surface area contributed by atoms with Crippen LogP contribution < -0.4 is 11.1 Å². The highest BCUT2D eigenvalue weighted by atomic mass is 35.5. The topological polar surface area (TPSA) is 55.1 Å². The number of nitrogens with two attached hydrogens (primary N) is 1. The molecule has 0 spiro atoms. The van der Waals surface area contributed by atoms with Gasteiger partial charge in [-0.05, 0) is 30.0 Å². The molecule has 7 heteroatoms. The van der Waals surface area contributed by atoms with E-state index in [1.165, 1.54) is 13.0 Å². The summed E-state index contributed by atoms with van der Waals surface area (Å²) in [5, 5.41) is 2.72. The van der Waals surface area contributed by atoms with Gasteiger partial charge in [0.05, 0.1) is 17.6 Å². The molecule has 0 aliphatic carbocycles. The van der Waals surface area contributed by atoms with Gasteiger partial charge in [0, 0.05) is 0 Å². The van der Waals surface area contributed by atoms with E-state index in [1.54, 1.807) is 6.07 Å². The standard InChI is InChI=1S/C15H21F3N2O.ClH/c1-9(19)13(21)20-12(14(2,3)4)10-6-5-7-11(8-10)15(16,17)18;/h5-9,12H,19H2,1-4H3,(H,20,21);1H/t9-,12?;/m0./s1. The van der Waals surface area contributed by atoms with E-state index in [0.717, 1.165) is 12.1 Å². The summed E-state index contributed by atoms with van der Waals surface area (Å²) in [6.07, 6.45) is -4.41. The average Bonchev–Trinajstić information content (AvgIpc) is 2.33. The Morgan fingerprint density at radius 2 is 1.77 bits per heavy atom. The number of carbonyl (C=O) groups excluding carboxylic acids is 1. The minimum atomic E-state index is -4.41. The van der Waals surface area contributed by atoms with E-state index in [4.69, 9.17) is 5.73 Å². The number of halogens is 4. The van der Waals surface area contributed by atoms with Crippen molar-refractivity contribution in [3.8, 4) is 0 Å². The van der Waals surface area contributed by atoms with E-state index in [1.807, 2.05) is 20.8 Å². The molecule has 0 aliphatic heterocycles. The molecule has 1 rings (SSSR count). The number of benzene rings is 1. The maximum absolute atomic E-state index is 12.8. The zero-order valence-electron chi connectivity index (χ0n) is 13.0. The van der Waals surface area contributed by atoms with Crippen LogP contribution in [0.4, 0.5) is 13.2 Å². The molecule has 0 aliphatic rings. The quantitative estimate of drug-likeness (QED) is 0.883. The smallest absolute Gasteiger partial charge is 0.347 e. The van der Waals surface area contributed by atoms with Crippen LogP contribution in [0.5, 0.6) is 0 Å². The maximum Gasteiger partial charge on any atom is 0.416 e. The third-order valence-electron chi connectivity index (χ3n) is 3.11. The fraction of sp³-hybridized carbons (Fsp3) is 0.533.